The number of amides is 2. The fraction of sp³-hybridized carbons (Fsp3) is 0.643. The van der Waals surface area contributed by atoms with E-state index in [1.807, 2.05) is 0 Å². The summed E-state index contributed by atoms with van der Waals surface area (Å²) in [6.07, 6.45) is 3.76. The summed E-state index contributed by atoms with van der Waals surface area (Å²) in [5.41, 5.74) is 6.00. The van der Waals surface area contributed by atoms with Crippen LogP contribution in [0.4, 0.5) is 5.82 Å². The predicted molar refractivity (Wildman–Crippen MR) is 77.4 cm³/mol. The normalized spacial score (nSPS) is 21.9. The molecule has 2 unspecified atom stereocenters. The lowest BCUT2D eigenvalue weighted by Crippen LogP contribution is -2.46. The molecule has 0 aliphatic heterocycles. The van der Waals surface area contributed by atoms with Crippen molar-refractivity contribution in [1.82, 2.24) is 10.1 Å². The molecule has 0 radical (unpaired) electrons. The van der Waals surface area contributed by atoms with E-state index in [1.54, 1.807) is 20.0 Å². The number of aromatic nitrogens is 1. The molecule has 1 aromatic heterocycles. The fourth-order valence-electron chi connectivity index (χ4n) is 2.65. The molecule has 2 amide bonds. The van der Waals surface area contributed by atoms with E-state index < -0.39 is 0 Å². The molecule has 1 aliphatic rings. The van der Waals surface area contributed by atoms with Crippen LogP contribution in [0.2, 0.25) is 0 Å². The van der Waals surface area contributed by atoms with Crippen LogP contribution in [-0.4, -0.2) is 41.5 Å². The van der Waals surface area contributed by atoms with Crippen LogP contribution >= 0.6 is 0 Å². The SMILES string of the molecule is Cc1cc(NC(=O)CN(C)C(=O)C2CCCCC2N)no1. The molecule has 2 atom stereocenters. The van der Waals surface area contributed by atoms with E-state index >= 15 is 0 Å². The first-order chi connectivity index (χ1) is 9.97. The Balaban J connectivity index is 1.86. The largest absolute Gasteiger partial charge is 0.360 e. The topological polar surface area (TPSA) is 101 Å². The van der Waals surface area contributed by atoms with Crippen LogP contribution in [0.5, 0.6) is 0 Å². The molecule has 3 N–H and O–H groups in total. The summed E-state index contributed by atoms with van der Waals surface area (Å²) in [6, 6.07) is 1.52. The van der Waals surface area contributed by atoms with Crippen molar-refractivity contribution in [3.8, 4) is 0 Å². The third kappa shape index (κ3) is 4.04. The number of carbonyl (C=O) groups is 2. The zero-order valence-electron chi connectivity index (χ0n) is 12.5. The molecule has 1 fully saturated rings. The molecule has 0 saturated heterocycles. The first kappa shape index (κ1) is 15.5. The number of likely N-dealkylation sites (N-methyl/N-ethyl adjacent to an activating group) is 1. The van der Waals surface area contributed by atoms with Crippen LogP contribution in [0.25, 0.3) is 0 Å². The summed E-state index contributed by atoms with van der Waals surface area (Å²) in [6.45, 7) is 1.72. The van der Waals surface area contributed by atoms with Gasteiger partial charge < -0.3 is 20.5 Å². The minimum atomic E-state index is -0.302. The number of rotatable bonds is 4. The van der Waals surface area contributed by atoms with E-state index in [1.165, 1.54) is 4.90 Å². The highest BCUT2D eigenvalue weighted by molar-refractivity contribution is 5.94. The van der Waals surface area contributed by atoms with Crippen molar-refractivity contribution in [2.75, 3.05) is 18.9 Å². The second-order valence-corrected chi connectivity index (χ2v) is 5.62. The maximum Gasteiger partial charge on any atom is 0.245 e. The molecule has 1 saturated carbocycles. The molecule has 1 aliphatic carbocycles. The van der Waals surface area contributed by atoms with Crippen LogP contribution in [0.3, 0.4) is 0 Å². The summed E-state index contributed by atoms with van der Waals surface area (Å²) in [7, 11) is 1.62. The van der Waals surface area contributed by atoms with Gasteiger partial charge in [0, 0.05) is 19.2 Å². The van der Waals surface area contributed by atoms with E-state index in [0.29, 0.717) is 11.6 Å². The van der Waals surface area contributed by atoms with Gasteiger partial charge in [0.25, 0.3) is 0 Å². The number of nitrogens with one attached hydrogen (secondary N) is 1. The highest BCUT2D eigenvalue weighted by Crippen LogP contribution is 2.24. The van der Waals surface area contributed by atoms with Gasteiger partial charge in [-0.1, -0.05) is 18.0 Å². The number of anilines is 1. The Hall–Kier alpha value is -1.89. The predicted octanol–water partition coefficient (Wildman–Crippen LogP) is 0.897. The Morgan fingerprint density at radius 1 is 1.48 bits per heavy atom. The van der Waals surface area contributed by atoms with Gasteiger partial charge in [0.1, 0.15) is 5.76 Å². The van der Waals surface area contributed by atoms with Crippen molar-refractivity contribution in [3.05, 3.63) is 11.8 Å². The molecule has 2 rings (SSSR count). The Kier molecular flexibility index (Phi) is 4.95. The number of nitrogens with two attached hydrogens (primary N) is 1. The van der Waals surface area contributed by atoms with Crippen molar-refractivity contribution < 1.29 is 14.1 Å². The van der Waals surface area contributed by atoms with Gasteiger partial charge in [0.05, 0.1) is 12.5 Å². The van der Waals surface area contributed by atoms with E-state index in [9.17, 15) is 9.59 Å². The first-order valence-electron chi connectivity index (χ1n) is 7.21. The lowest BCUT2D eigenvalue weighted by atomic mass is 9.84. The average molecular weight is 294 g/mol. The summed E-state index contributed by atoms with van der Waals surface area (Å²) >= 11 is 0. The Morgan fingerprint density at radius 2 is 2.19 bits per heavy atom. The van der Waals surface area contributed by atoms with Crippen molar-refractivity contribution in [1.29, 1.82) is 0 Å². The van der Waals surface area contributed by atoms with Crippen molar-refractivity contribution in [2.45, 2.75) is 38.6 Å². The molecule has 7 heteroatoms. The van der Waals surface area contributed by atoms with Crippen LogP contribution in [0.1, 0.15) is 31.4 Å². The average Bonchev–Trinajstić information content (AvgIpc) is 2.83. The maximum atomic E-state index is 12.3. The Labute approximate surface area is 123 Å². The van der Waals surface area contributed by atoms with E-state index in [2.05, 4.69) is 10.5 Å². The number of carbonyl (C=O) groups excluding carboxylic acids is 2. The first-order valence-corrected chi connectivity index (χ1v) is 7.21. The van der Waals surface area contributed by atoms with Gasteiger partial charge in [-0.3, -0.25) is 9.59 Å². The minimum absolute atomic E-state index is 0.0199. The highest BCUT2D eigenvalue weighted by atomic mass is 16.5. The molecule has 1 heterocycles. The van der Waals surface area contributed by atoms with Crippen molar-refractivity contribution in [2.24, 2.45) is 11.7 Å². The minimum Gasteiger partial charge on any atom is -0.360 e. The Morgan fingerprint density at radius 3 is 2.81 bits per heavy atom. The lowest BCUT2D eigenvalue weighted by Gasteiger charge is -2.30. The fourth-order valence-corrected chi connectivity index (χ4v) is 2.65. The van der Waals surface area contributed by atoms with E-state index in [-0.39, 0.29) is 30.3 Å². The molecule has 116 valence electrons. The van der Waals surface area contributed by atoms with Gasteiger partial charge in [-0.15, -0.1) is 0 Å². The number of nitrogens with zero attached hydrogens (tertiary/aromatic N) is 2. The lowest BCUT2D eigenvalue weighted by molar-refractivity contribution is -0.138. The van der Waals surface area contributed by atoms with Gasteiger partial charge in [0.15, 0.2) is 5.82 Å². The second-order valence-electron chi connectivity index (χ2n) is 5.62. The van der Waals surface area contributed by atoms with Crippen LogP contribution < -0.4 is 11.1 Å². The number of hydrogen-bond acceptors (Lipinski definition) is 5. The molecule has 0 spiro atoms. The summed E-state index contributed by atoms with van der Waals surface area (Å²) in [5.74, 6) is 0.429. The summed E-state index contributed by atoms with van der Waals surface area (Å²) in [4.78, 5) is 25.6. The third-order valence-electron chi connectivity index (χ3n) is 3.79. The smallest absolute Gasteiger partial charge is 0.245 e. The molecule has 21 heavy (non-hydrogen) atoms. The van der Waals surface area contributed by atoms with E-state index in [0.717, 1.165) is 25.7 Å². The number of hydrogen-bond donors (Lipinski definition) is 2. The standard InChI is InChI=1S/C14H22N4O3/c1-9-7-12(17-21-9)16-13(19)8-18(2)14(20)10-5-3-4-6-11(10)15/h7,10-11H,3-6,8,15H2,1-2H3,(H,16,17,19). The van der Waals surface area contributed by atoms with Gasteiger partial charge in [-0.25, -0.2) is 0 Å². The second kappa shape index (κ2) is 6.71. The van der Waals surface area contributed by atoms with Crippen molar-refractivity contribution in [3.63, 3.8) is 0 Å². The van der Waals surface area contributed by atoms with Crippen LogP contribution in [0.15, 0.2) is 10.6 Å². The maximum absolute atomic E-state index is 12.3. The highest BCUT2D eigenvalue weighted by Gasteiger charge is 2.30. The van der Waals surface area contributed by atoms with Gasteiger partial charge in [-0.2, -0.15) is 0 Å². The Bertz CT molecular complexity index is 514. The zero-order valence-corrected chi connectivity index (χ0v) is 12.5. The van der Waals surface area contributed by atoms with Gasteiger partial charge in [-0.05, 0) is 19.8 Å². The third-order valence-corrected chi connectivity index (χ3v) is 3.79. The summed E-state index contributed by atoms with van der Waals surface area (Å²) < 4.78 is 4.87. The van der Waals surface area contributed by atoms with Crippen molar-refractivity contribution >= 4 is 17.6 Å². The quantitative estimate of drug-likeness (QED) is 0.859. The van der Waals surface area contributed by atoms with Gasteiger partial charge >= 0.3 is 0 Å². The molecule has 1 aromatic rings. The molecular weight excluding hydrogens is 272 g/mol. The van der Waals surface area contributed by atoms with Gasteiger partial charge in [0.2, 0.25) is 11.8 Å². The molecule has 0 bridgehead atoms. The van der Waals surface area contributed by atoms with E-state index in [4.69, 9.17) is 10.3 Å². The number of aryl methyl sites for hydroxylation is 1. The van der Waals surface area contributed by atoms with Crippen LogP contribution in [-0.2, 0) is 9.59 Å². The summed E-state index contributed by atoms with van der Waals surface area (Å²) in [5, 5.41) is 6.27. The van der Waals surface area contributed by atoms with Crippen LogP contribution in [0, 0.1) is 12.8 Å². The zero-order chi connectivity index (χ0) is 15.4. The molecule has 7 nitrogen and oxygen atoms in total. The monoisotopic (exact) mass is 294 g/mol. The molecule has 0 aromatic carbocycles. The molecular formula is C14H22N4O3.